The molecule has 0 spiro atoms. The Hall–Kier alpha value is -3.94. The first-order valence-corrected chi connectivity index (χ1v) is 15.1. The molecule has 0 bridgehead atoms. The minimum absolute atomic E-state index is 0.110. The molecule has 42 heavy (non-hydrogen) atoms. The normalized spacial score (nSPS) is 11.3. The van der Waals surface area contributed by atoms with Crippen LogP contribution in [0.5, 0.6) is 5.75 Å². The van der Waals surface area contributed by atoms with E-state index in [-0.39, 0.29) is 18.1 Å². The van der Waals surface area contributed by atoms with Crippen LogP contribution in [0.3, 0.4) is 0 Å². The summed E-state index contributed by atoms with van der Waals surface area (Å²) in [7, 11) is 0. The Morgan fingerprint density at radius 1 is 0.905 bits per heavy atom. The topological polar surface area (TPSA) is 90.7 Å². The highest BCUT2D eigenvalue weighted by Crippen LogP contribution is 2.21. The van der Waals surface area contributed by atoms with E-state index in [1.807, 2.05) is 42.2 Å². The molecule has 0 fully saturated rings. The van der Waals surface area contributed by atoms with E-state index in [2.05, 4.69) is 6.92 Å². The summed E-state index contributed by atoms with van der Waals surface area (Å²) in [4.78, 5) is 45.7. The number of aromatic nitrogens is 2. The van der Waals surface area contributed by atoms with Crippen molar-refractivity contribution in [1.82, 2.24) is 14.5 Å². The summed E-state index contributed by atoms with van der Waals surface area (Å²) in [6, 6.07) is 18.1. The van der Waals surface area contributed by atoms with Crippen molar-refractivity contribution in [2.24, 2.45) is 0 Å². The molecule has 226 valence electrons. The third-order valence-corrected chi connectivity index (χ3v) is 7.13. The number of esters is 1. The van der Waals surface area contributed by atoms with E-state index in [1.54, 1.807) is 55.7 Å². The van der Waals surface area contributed by atoms with E-state index < -0.39 is 11.6 Å². The van der Waals surface area contributed by atoms with Gasteiger partial charge in [-0.2, -0.15) is 0 Å². The van der Waals surface area contributed by atoms with Crippen molar-refractivity contribution in [3.63, 3.8) is 0 Å². The van der Waals surface area contributed by atoms with Gasteiger partial charge in [0.1, 0.15) is 11.6 Å². The van der Waals surface area contributed by atoms with Gasteiger partial charge in [0.05, 0.1) is 12.3 Å². The Morgan fingerprint density at radius 3 is 2.24 bits per heavy atom. The largest absolute Gasteiger partial charge is 0.476 e. The lowest BCUT2D eigenvalue weighted by molar-refractivity contribution is -0.158. The molecule has 0 saturated carbocycles. The average molecular weight is 576 g/mol. The quantitative estimate of drug-likeness (QED) is 0.147. The van der Waals surface area contributed by atoms with Crippen molar-refractivity contribution >= 4 is 11.9 Å². The minimum Gasteiger partial charge on any atom is -0.476 e. The number of carbonyl (C=O) groups excluding carboxylic acids is 2. The van der Waals surface area contributed by atoms with Crippen LogP contribution in [0, 0.1) is 0 Å². The Kier molecular flexibility index (Phi) is 12.3. The van der Waals surface area contributed by atoms with E-state index in [9.17, 15) is 14.4 Å². The second-order valence-corrected chi connectivity index (χ2v) is 10.8. The predicted molar refractivity (Wildman–Crippen MR) is 166 cm³/mol. The standard InChI is InChI=1S/C34H45N3O5/c1-6-9-10-11-15-22-36(32(39)27-18-20-28(21-19-27)42-34(4,5)33(40)41-8-3)23-24-37-30(7-2)35-29(25-31(37)38)26-16-13-12-14-17-26/h12-14,16-21,25H,6-11,15,22-24H2,1-5H3. The van der Waals surface area contributed by atoms with Crippen molar-refractivity contribution in [2.45, 2.75) is 85.3 Å². The first-order valence-electron chi connectivity index (χ1n) is 15.1. The van der Waals surface area contributed by atoms with Gasteiger partial charge in [0.15, 0.2) is 5.60 Å². The predicted octanol–water partition coefficient (Wildman–Crippen LogP) is 6.31. The Morgan fingerprint density at radius 2 is 1.60 bits per heavy atom. The summed E-state index contributed by atoms with van der Waals surface area (Å²) in [6.07, 6.45) is 5.99. The van der Waals surface area contributed by atoms with Crippen LogP contribution in [-0.2, 0) is 22.5 Å². The maximum Gasteiger partial charge on any atom is 0.349 e. The monoisotopic (exact) mass is 575 g/mol. The molecule has 0 atom stereocenters. The van der Waals surface area contributed by atoms with Gasteiger partial charge in [-0.3, -0.25) is 14.2 Å². The van der Waals surface area contributed by atoms with Crippen LogP contribution in [0.1, 0.15) is 82.9 Å². The molecule has 3 aromatic rings. The van der Waals surface area contributed by atoms with Gasteiger partial charge in [-0.05, 0) is 51.5 Å². The molecule has 0 saturated heterocycles. The maximum absolute atomic E-state index is 13.7. The third-order valence-electron chi connectivity index (χ3n) is 7.13. The Labute approximate surface area is 249 Å². The minimum atomic E-state index is -1.15. The highest BCUT2D eigenvalue weighted by atomic mass is 16.6. The first kappa shape index (κ1) is 32.6. The lowest BCUT2D eigenvalue weighted by Gasteiger charge is -2.25. The second-order valence-electron chi connectivity index (χ2n) is 10.8. The Bertz CT molecular complexity index is 1350. The van der Waals surface area contributed by atoms with Gasteiger partial charge in [0.25, 0.3) is 11.5 Å². The maximum atomic E-state index is 13.7. The lowest BCUT2D eigenvalue weighted by Crippen LogP contribution is -2.39. The molecule has 0 aliphatic carbocycles. The molecule has 1 aromatic heterocycles. The van der Waals surface area contributed by atoms with Crippen LogP contribution < -0.4 is 10.3 Å². The SMILES string of the molecule is CCCCCCCN(CCn1c(CC)nc(-c2ccccc2)cc1=O)C(=O)c1ccc(OC(C)(C)C(=O)OCC)cc1. The van der Waals surface area contributed by atoms with Crippen molar-refractivity contribution in [1.29, 1.82) is 0 Å². The summed E-state index contributed by atoms with van der Waals surface area (Å²) < 4.78 is 12.6. The smallest absolute Gasteiger partial charge is 0.349 e. The second kappa shape index (κ2) is 15.9. The average Bonchev–Trinajstić information content (AvgIpc) is 2.99. The molecule has 1 heterocycles. The molecule has 8 heteroatoms. The molecule has 0 unspecified atom stereocenters. The van der Waals surface area contributed by atoms with Crippen LogP contribution in [0.25, 0.3) is 11.3 Å². The van der Waals surface area contributed by atoms with E-state index in [1.165, 1.54) is 6.42 Å². The van der Waals surface area contributed by atoms with Crippen LogP contribution in [-0.4, -0.2) is 51.6 Å². The lowest BCUT2D eigenvalue weighted by atomic mass is 10.1. The zero-order chi connectivity index (χ0) is 30.5. The molecule has 0 aliphatic rings. The van der Waals surface area contributed by atoms with Crippen LogP contribution in [0.15, 0.2) is 65.5 Å². The van der Waals surface area contributed by atoms with Gasteiger partial charge in [0.2, 0.25) is 0 Å². The summed E-state index contributed by atoms with van der Waals surface area (Å²) in [5.41, 5.74) is 0.803. The zero-order valence-corrected chi connectivity index (χ0v) is 25.7. The van der Waals surface area contributed by atoms with Gasteiger partial charge in [-0.15, -0.1) is 0 Å². The summed E-state index contributed by atoms with van der Waals surface area (Å²) in [5, 5.41) is 0. The molecule has 3 rings (SSSR count). The van der Waals surface area contributed by atoms with Crippen LogP contribution in [0.4, 0.5) is 0 Å². The summed E-state index contributed by atoms with van der Waals surface area (Å²) in [6.45, 7) is 10.8. The fourth-order valence-corrected chi connectivity index (χ4v) is 4.75. The van der Waals surface area contributed by atoms with E-state index in [0.717, 1.165) is 31.2 Å². The van der Waals surface area contributed by atoms with Gasteiger partial charge < -0.3 is 14.4 Å². The van der Waals surface area contributed by atoms with Gasteiger partial charge in [-0.1, -0.05) is 69.9 Å². The number of unbranched alkanes of at least 4 members (excludes halogenated alkanes) is 4. The van der Waals surface area contributed by atoms with Crippen LogP contribution in [0.2, 0.25) is 0 Å². The summed E-state index contributed by atoms with van der Waals surface area (Å²) in [5.74, 6) is 0.607. The summed E-state index contributed by atoms with van der Waals surface area (Å²) >= 11 is 0. The van der Waals surface area contributed by atoms with Crippen molar-refractivity contribution in [3.05, 3.63) is 82.4 Å². The number of nitrogens with zero attached hydrogens (tertiary/aromatic N) is 3. The number of rotatable bonds is 16. The van der Waals surface area contributed by atoms with Crippen molar-refractivity contribution in [2.75, 3.05) is 19.7 Å². The Balaban J connectivity index is 1.77. The molecule has 8 nitrogen and oxygen atoms in total. The molecule has 0 radical (unpaired) electrons. The molecule has 0 N–H and O–H groups in total. The first-order chi connectivity index (χ1) is 20.2. The number of aryl methyl sites for hydroxylation is 1. The molecule has 1 amide bonds. The highest BCUT2D eigenvalue weighted by molar-refractivity contribution is 5.94. The van der Waals surface area contributed by atoms with Gasteiger partial charge in [-0.25, -0.2) is 9.78 Å². The number of amides is 1. The molecular weight excluding hydrogens is 530 g/mol. The van der Waals surface area contributed by atoms with E-state index >= 15 is 0 Å². The van der Waals surface area contributed by atoms with Crippen molar-refractivity contribution < 1.29 is 19.1 Å². The number of ether oxygens (including phenoxy) is 2. The van der Waals surface area contributed by atoms with Crippen molar-refractivity contribution in [3.8, 4) is 17.0 Å². The number of carbonyl (C=O) groups is 2. The molecule has 2 aromatic carbocycles. The number of benzene rings is 2. The molecular formula is C34H45N3O5. The fourth-order valence-electron chi connectivity index (χ4n) is 4.75. The number of hydrogen-bond donors (Lipinski definition) is 0. The fraction of sp³-hybridized carbons (Fsp3) is 0.471. The van der Waals surface area contributed by atoms with E-state index in [0.29, 0.717) is 48.9 Å². The van der Waals surface area contributed by atoms with Gasteiger partial charge in [0, 0.05) is 43.2 Å². The number of hydrogen-bond acceptors (Lipinski definition) is 6. The molecule has 0 aliphatic heterocycles. The van der Waals surface area contributed by atoms with Crippen LogP contribution >= 0.6 is 0 Å². The van der Waals surface area contributed by atoms with E-state index in [4.69, 9.17) is 14.5 Å². The van der Waals surface area contributed by atoms with Gasteiger partial charge >= 0.3 is 5.97 Å². The zero-order valence-electron chi connectivity index (χ0n) is 25.7. The third kappa shape index (κ3) is 9.03. The highest BCUT2D eigenvalue weighted by Gasteiger charge is 2.31.